The minimum absolute atomic E-state index is 0.142. The van der Waals surface area contributed by atoms with Crippen molar-refractivity contribution in [2.45, 2.75) is 30.6 Å². The fourth-order valence-electron chi connectivity index (χ4n) is 1.95. The molecule has 10 heteroatoms. The number of hydrogen-bond acceptors (Lipinski definition) is 6. The molecule has 0 atom stereocenters. The van der Waals surface area contributed by atoms with E-state index in [0.29, 0.717) is 17.2 Å². The number of thiophene rings is 1. The van der Waals surface area contributed by atoms with Gasteiger partial charge in [0, 0.05) is 29.3 Å². The third kappa shape index (κ3) is 3.42. The predicted molar refractivity (Wildman–Crippen MR) is 80.1 cm³/mol. The number of halogens is 3. The zero-order chi connectivity index (χ0) is 16.4. The van der Waals surface area contributed by atoms with Crippen LogP contribution < -0.4 is 0 Å². The SMILES string of the molecule is CCn1c(SCc2cc(-c3ccsc3)on2)nnc1C(F)(F)F. The molecule has 0 saturated carbocycles. The van der Waals surface area contributed by atoms with Gasteiger partial charge in [0.05, 0.1) is 5.69 Å². The van der Waals surface area contributed by atoms with Crippen LogP contribution in [0.5, 0.6) is 0 Å². The summed E-state index contributed by atoms with van der Waals surface area (Å²) in [5.74, 6) is 0.000269. The molecule has 0 aromatic carbocycles. The first-order valence-electron chi connectivity index (χ1n) is 6.60. The molecule has 0 unspecified atom stereocenters. The quantitative estimate of drug-likeness (QED) is 0.634. The Bertz CT molecular complexity index is 780. The minimum Gasteiger partial charge on any atom is -0.356 e. The molecular formula is C13H11F3N4OS2. The molecule has 3 aromatic heterocycles. The van der Waals surface area contributed by atoms with E-state index < -0.39 is 12.0 Å². The molecule has 0 bridgehead atoms. The van der Waals surface area contributed by atoms with Crippen LogP contribution in [0.1, 0.15) is 18.4 Å². The van der Waals surface area contributed by atoms with E-state index >= 15 is 0 Å². The molecule has 0 radical (unpaired) electrons. The van der Waals surface area contributed by atoms with E-state index in [0.717, 1.165) is 21.9 Å². The van der Waals surface area contributed by atoms with Gasteiger partial charge in [-0.15, -0.1) is 10.2 Å². The molecule has 3 aromatic rings. The molecule has 0 fully saturated rings. The van der Waals surface area contributed by atoms with Gasteiger partial charge in [-0.3, -0.25) is 4.57 Å². The zero-order valence-corrected chi connectivity index (χ0v) is 13.5. The van der Waals surface area contributed by atoms with Crippen LogP contribution in [0.3, 0.4) is 0 Å². The molecule has 0 N–H and O–H groups in total. The highest BCUT2D eigenvalue weighted by Gasteiger charge is 2.38. The van der Waals surface area contributed by atoms with Crippen LogP contribution in [0, 0.1) is 0 Å². The maximum atomic E-state index is 12.8. The Hall–Kier alpha value is -1.81. The van der Waals surface area contributed by atoms with E-state index in [9.17, 15) is 13.2 Å². The van der Waals surface area contributed by atoms with Crippen molar-refractivity contribution in [2.24, 2.45) is 0 Å². The van der Waals surface area contributed by atoms with Gasteiger partial charge in [-0.2, -0.15) is 24.5 Å². The maximum absolute atomic E-state index is 12.8. The lowest BCUT2D eigenvalue weighted by Gasteiger charge is -2.08. The van der Waals surface area contributed by atoms with Gasteiger partial charge in [0.15, 0.2) is 10.9 Å². The molecule has 0 aliphatic carbocycles. The number of hydrogen-bond donors (Lipinski definition) is 0. The molecule has 0 amide bonds. The molecule has 3 heterocycles. The highest BCUT2D eigenvalue weighted by Crippen LogP contribution is 2.32. The molecule has 0 aliphatic heterocycles. The number of thioether (sulfide) groups is 1. The summed E-state index contributed by atoms with van der Waals surface area (Å²) >= 11 is 2.68. The van der Waals surface area contributed by atoms with Crippen LogP contribution in [0.25, 0.3) is 11.3 Å². The van der Waals surface area contributed by atoms with Gasteiger partial charge in [0.2, 0.25) is 5.82 Å². The van der Waals surface area contributed by atoms with E-state index in [1.165, 1.54) is 0 Å². The molecular weight excluding hydrogens is 349 g/mol. The first-order valence-corrected chi connectivity index (χ1v) is 8.53. The first kappa shape index (κ1) is 16.1. The average molecular weight is 360 g/mol. The summed E-state index contributed by atoms with van der Waals surface area (Å²) in [6.45, 7) is 1.76. The summed E-state index contributed by atoms with van der Waals surface area (Å²) in [6.07, 6.45) is -4.51. The topological polar surface area (TPSA) is 56.7 Å². The normalized spacial score (nSPS) is 12.0. The van der Waals surface area contributed by atoms with Gasteiger partial charge < -0.3 is 4.52 Å². The van der Waals surface area contributed by atoms with Crippen LogP contribution in [0.15, 0.2) is 32.6 Å². The number of nitrogens with zero attached hydrogens (tertiary/aromatic N) is 4. The van der Waals surface area contributed by atoms with Gasteiger partial charge in [0.1, 0.15) is 0 Å². The fraction of sp³-hybridized carbons (Fsp3) is 0.308. The van der Waals surface area contributed by atoms with Crippen molar-refractivity contribution in [2.75, 3.05) is 0 Å². The lowest BCUT2D eigenvalue weighted by Crippen LogP contribution is -2.14. The maximum Gasteiger partial charge on any atom is 0.451 e. The lowest BCUT2D eigenvalue weighted by atomic mass is 10.2. The predicted octanol–water partition coefficient (Wildman–Crippen LogP) is 4.33. The average Bonchev–Trinajstić information content (AvgIpc) is 3.22. The highest BCUT2D eigenvalue weighted by molar-refractivity contribution is 7.98. The molecule has 122 valence electrons. The summed E-state index contributed by atoms with van der Waals surface area (Å²) in [4.78, 5) is 0. The third-order valence-electron chi connectivity index (χ3n) is 3.00. The van der Waals surface area contributed by atoms with Gasteiger partial charge in [0.25, 0.3) is 0 Å². The van der Waals surface area contributed by atoms with E-state index in [1.54, 1.807) is 24.3 Å². The monoisotopic (exact) mass is 360 g/mol. The lowest BCUT2D eigenvalue weighted by molar-refractivity contribution is -0.147. The summed E-state index contributed by atoms with van der Waals surface area (Å²) in [5.41, 5.74) is 1.56. The van der Waals surface area contributed by atoms with Crippen LogP contribution >= 0.6 is 23.1 Å². The summed E-state index contributed by atoms with van der Waals surface area (Å²) in [5, 5.41) is 14.9. The van der Waals surface area contributed by atoms with E-state index in [4.69, 9.17) is 4.52 Å². The molecule has 5 nitrogen and oxygen atoms in total. The molecule has 0 spiro atoms. The van der Waals surface area contributed by atoms with Crippen molar-refractivity contribution in [3.63, 3.8) is 0 Å². The van der Waals surface area contributed by atoms with Crippen molar-refractivity contribution in [1.29, 1.82) is 0 Å². The number of rotatable bonds is 5. The van der Waals surface area contributed by atoms with E-state index in [-0.39, 0.29) is 11.7 Å². The largest absolute Gasteiger partial charge is 0.451 e. The summed E-state index contributed by atoms with van der Waals surface area (Å²) < 4.78 is 44.7. The molecule has 23 heavy (non-hydrogen) atoms. The standard InChI is InChI=1S/C13H11F3N4OS2/c1-2-20-11(13(14,15)16)17-18-12(20)23-7-9-5-10(21-19-9)8-3-4-22-6-8/h3-6H,2,7H2,1H3. The van der Waals surface area contributed by atoms with Crippen LogP contribution in [-0.2, 0) is 18.5 Å². The smallest absolute Gasteiger partial charge is 0.356 e. The first-order chi connectivity index (χ1) is 11.0. The van der Waals surface area contributed by atoms with E-state index in [2.05, 4.69) is 15.4 Å². The minimum atomic E-state index is -4.51. The molecule has 0 aliphatic rings. The summed E-state index contributed by atoms with van der Waals surface area (Å²) in [6, 6.07) is 3.68. The Kier molecular flexibility index (Phi) is 4.44. The fourth-order valence-corrected chi connectivity index (χ4v) is 3.48. The second kappa shape index (κ2) is 6.36. The Labute approximate surface area is 137 Å². The Morgan fingerprint density at radius 3 is 2.83 bits per heavy atom. The summed E-state index contributed by atoms with van der Waals surface area (Å²) in [7, 11) is 0. The number of alkyl halides is 3. The van der Waals surface area contributed by atoms with Crippen molar-refractivity contribution in [3.05, 3.63) is 34.4 Å². The van der Waals surface area contributed by atoms with Gasteiger partial charge in [-0.25, -0.2) is 0 Å². The van der Waals surface area contributed by atoms with Crippen molar-refractivity contribution < 1.29 is 17.7 Å². The van der Waals surface area contributed by atoms with Crippen molar-refractivity contribution in [3.8, 4) is 11.3 Å². The second-order valence-corrected chi connectivity index (χ2v) is 6.25. The third-order valence-corrected chi connectivity index (χ3v) is 4.68. The van der Waals surface area contributed by atoms with Gasteiger partial charge >= 0.3 is 6.18 Å². The van der Waals surface area contributed by atoms with Crippen molar-refractivity contribution in [1.82, 2.24) is 19.9 Å². The van der Waals surface area contributed by atoms with Gasteiger partial charge in [-0.1, -0.05) is 16.9 Å². The van der Waals surface area contributed by atoms with Crippen LogP contribution in [0.4, 0.5) is 13.2 Å². The zero-order valence-electron chi connectivity index (χ0n) is 11.9. The van der Waals surface area contributed by atoms with Gasteiger partial charge in [-0.05, 0) is 18.4 Å². The highest BCUT2D eigenvalue weighted by atomic mass is 32.2. The Balaban J connectivity index is 1.73. The van der Waals surface area contributed by atoms with Crippen molar-refractivity contribution >= 4 is 23.1 Å². The Morgan fingerprint density at radius 1 is 1.35 bits per heavy atom. The van der Waals surface area contributed by atoms with Crippen LogP contribution in [0.2, 0.25) is 0 Å². The molecule has 0 saturated heterocycles. The van der Waals surface area contributed by atoms with Crippen LogP contribution in [-0.4, -0.2) is 19.9 Å². The second-order valence-electron chi connectivity index (χ2n) is 4.53. The Morgan fingerprint density at radius 2 is 2.17 bits per heavy atom. The van der Waals surface area contributed by atoms with E-state index in [1.807, 2.05) is 16.8 Å². The molecule has 3 rings (SSSR count). The number of aromatic nitrogens is 4.